The number of thiophene rings is 1. The summed E-state index contributed by atoms with van der Waals surface area (Å²) < 4.78 is 10.3. The Labute approximate surface area is 110 Å². The maximum Gasteiger partial charge on any atom is 0.203 e. The van der Waals surface area contributed by atoms with E-state index in [1.54, 1.807) is 32.4 Å². The topological polar surface area (TPSA) is 35.5 Å². The van der Waals surface area contributed by atoms with Crippen LogP contribution in [0.3, 0.4) is 0 Å². The van der Waals surface area contributed by atoms with Gasteiger partial charge in [0.2, 0.25) is 5.78 Å². The second-order valence-electron chi connectivity index (χ2n) is 3.86. The highest BCUT2D eigenvalue weighted by Gasteiger charge is 2.15. The Morgan fingerprint density at radius 3 is 2.17 bits per heavy atom. The molecule has 4 heteroatoms. The van der Waals surface area contributed by atoms with Gasteiger partial charge < -0.3 is 9.47 Å². The highest BCUT2D eigenvalue weighted by molar-refractivity contribution is 7.12. The maximum atomic E-state index is 12.4. The average molecular weight is 262 g/mol. The van der Waals surface area contributed by atoms with Crippen LogP contribution in [0.4, 0.5) is 0 Å². The zero-order valence-electron chi connectivity index (χ0n) is 10.5. The second-order valence-corrected chi connectivity index (χ2v) is 4.78. The van der Waals surface area contributed by atoms with E-state index in [4.69, 9.17) is 9.47 Å². The minimum Gasteiger partial charge on any atom is -0.497 e. The molecule has 0 radical (unpaired) electrons. The van der Waals surface area contributed by atoms with Gasteiger partial charge in [-0.3, -0.25) is 4.79 Å². The minimum atomic E-state index is -0.000278. The molecule has 0 spiro atoms. The zero-order chi connectivity index (χ0) is 13.1. The van der Waals surface area contributed by atoms with Crippen LogP contribution in [-0.2, 0) is 0 Å². The molecule has 0 aliphatic heterocycles. The van der Waals surface area contributed by atoms with Crippen LogP contribution >= 0.6 is 11.3 Å². The number of carbonyl (C=O) groups excluding carboxylic acids is 1. The standard InChI is InChI=1S/C14H14O3S/c1-9-4-5-18-14(9)13(15)10-6-11(16-2)8-12(7-10)17-3/h4-8H,1-3H3. The summed E-state index contributed by atoms with van der Waals surface area (Å²) in [5.74, 6) is 1.23. The van der Waals surface area contributed by atoms with E-state index in [1.807, 2.05) is 18.4 Å². The fourth-order valence-electron chi connectivity index (χ4n) is 1.67. The Hall–Kier alpha value is -1.81. The molecular weight excluding hydrogens is 248 g/mol. The molecule has 0 atom stereocenters. The van der Waals surface area contributed by atoms with Crippen LogP contribution in [0.1, 0.15) is 20.8 Å². The fraction of sp³-hybridized carbons (Fsp3) is 0.214. The lowest BCUT2D eigenvalue weighted by molar-refractivity contribution is 0.104. The Kier molecular flexibility index (Phi) is 3.67. The van der Waals surface area contributed by atoms with Crippen molar-refractivity contribution in [2.24, 2.45) is 0 Å². The number of carbonyl (C=O) groups is 1. The van der Waals surface area contributed by atoms with Gasteiger partial charge in [0.25, 0.3) is 0 Å². The van der Waals surface area contributed by atoms with E-state index in [2.05, 4.69) is 0 Å². The average Bonchev–Trinajstić information content (AvgIpc) is 2.83. The van der Waals surface area contributed by atoms with Crippen LogP contribution in [0.5, 0.6) is 11.5 Å². The molecule has 0 saturated heterocycles. The highest BCUT2D eigenvalue weighted by atomic mass is 32.1. The van der Waals surface area contributed by atoms with Crippen molar-refractivity contribution in [1.82, 2.24) is 0 Å². The molecule has 2 rings (SSSR count). The third kappa shape index (κ3) is 2.38. The van der Waals surface area contributed by atoms with Gasteiger partial charge >= 0.3 is 0 Å². The van der Waals surface area contributed by atoms with E-state index in [9.17, 15) is 4.79 Å². The van der Waals surface area contributed by atoms with Crippen molar-refractivity contribution in [1.29, 1.82) is 0 Å². The number of aryl methyl sites for hydroxylation is 1. The third-order valence-electron chi connectivity index (χ3n) is 2.68. The molecule has 3 nitrogen and oxygen atoms in total. The molecule has 0 saturated carbocycles. The fourth-order valence-corrected chi connectivity index (χ4v) is 2.56. The molecule has 1 aromatic heterocycles. The van der Waals surface area contributed by atoms with Crippen LogP contribution < -0.4 is 9.47 Å². The molecule has 1 aromatic carbocycles. The summed E-state index contributed by atoms with van der Waals surface area (Å²) in [4.78, 5) is 13.1. The van der Waals surface area contributed by atoms with Gasteiger partial charge in [-0.2, -0.15) is 0 Å². The van der Waals surface area contributed by atoms with Crippen molar-refractivity contribution in [3.8, 4) is 11.5 Å². The summed E-state index contributed by atoms with van der Waals surface area (Å²) in [6, 6.07) is 7.14. The van der Waals surface area contributed by atoms with Crippen LogP contribution in [0, 0.1) is 6.92 Å². The van der Waals surface area contributed by atoms with Gasteiger partial charge in [-0.15, -0.1) is 11.3 Å². The van der Waals surface area contributed by atoms with Crippen LogP contribution in [0.2, 0.25) is 0 Å². The molecule has 2 aromatic rings. The first-order valence-electron chi connectivity index (χ1n) is 5.47. The third-order valence-corrected chi connectivity index (χ3v) is 3.70. The Morgan fingerprint density at radius 1 is 1.11 bits per heavy atom. The monoisotopic (exact) mass is 262 g/mol. The zero-order valence-corrected chi connectivity index (χ0v) is 11.3. The van der Waals surface area contributed by atoms with Crippen molar-refractivity contribution in [2.75, 3.05) is 14.2 Å². The molecule has 0 unspecified atom stereocenters. The SMILES string of the molecule is COc1cc(OC)cc(C(=O)c2sccc2C)c1. The Bertz CT molecular complexity index is 550. The second kappa shape index (κ2) is 5.23. The molecule has 94 valence electrons. The lowest BCUT2D eigenvalue weighted by Crippen LogP contribution is -2.01. The first-order chi connectivity index (χ1) is 8.65. The molecular formula is C14H14O3S. The van der Waals surface area contributed by atoms with Crippen molar-refractivity contribution in [3.63, 3.8) is 0 Å². The smallest absolute Gasteiger partial charge is 0.203 e. The van der Waals surface area contributed by atoms with Crippen LogP contribution in [-0.4, -0.2) is 20.0 Å². The summed E-state index contributed by atoms with van der Waals surface area (Å²) in [6.07, 6.45) is 0. The number of rotatable bonds is 4. The number of benzene rings is 1. The minimum absolute atomic E-state index is 0.000278. The molecule has 0 amide bonds. The first-order valence-corrected chi connectivity index (χ1v) is 6.35. The molecule has 0 aliphatic carbocycles. The number of methoxy groups -OCH3 is 2. The van der Waals surface area contributed by atoms with Crippen LogP contribution in [0.15, 0.2) is 29.6 Å². The van der Waals surface area contributed by atoms with Crippen LogP contribution in [0.25, 0.3) is 0 Å². The van der Waals surface area contributed by atoms with E-state index < -0.39 is 0 Å². The summed E-state index contributed by atoms with van der Waals surface area (Å²) in [6.45, 7) is 1.93. The number of hydrogen-bond donors (Lipinski definition) is 0. The van der Waals surface area contributed by atoms with Gasteiger partial charge in [-0.1, -0.05) is 0 Å². The number of ether oxygens (including phenoxy) is 2. The lowest BCUT2D eigenvalue weighted by atomic mass is 10.1. The van der Waals surface area contributed by atoms with Crippen molar-refractivity contribution in [3.05, 3.63) is 45.6 Å². The first kappa shape index (κ1) is 12.6. The lowest BCUT2D eigenvalue weighted by Gasteiger charge is -2.07. The van der Waals surface area contributed by atoms with Crippen molar-refractivity contribution >= 4 is 17.1 Å². The molecule has 0 N–H and O–H groups in total. The Balaban J connectivity index is 2.44. The quantitative estimate of drug-likeness (QED) is 0.793. The van der Waals surface area contributed by atoms with Crippen molar-refractivity contribution in [2.45, 2.75) is 6.92 Å². The number of hydrogen-bond acceptors (Lipinski definition) is 4. The molecule has 0 fully saturated rings. The van der Waals surface area contributed by atoms with Gasteiger partial charge in [-0.25, -0.2) is 0 Å². The molecule has 18 heavy (non-hydrogen) atoms. The summed E-state index contributed by atoms with van der Waals surface area (Å²) >= 11 is 1.45. The largest absolute Gasteiger partial charge is 0.497 e. The normalized spacial score (nSPS) is 10.2. The Morgan fingerprint density at radius 2 is 1.72 bits per heavy atom. The molecule has 0 aliphatic rings. The predicted octanol–water partition coefficient (Wildman–Crippen LogP) is 3.30. The summed E-state index contributed by atoms with van der Waals surface area (Å²) in [5, 5.41) is 1.92. The summed E-state index contributed by atoms with van der Waals surface area (Å²) in [5.41, 5.74) is 1.57. The van der Waals surface area contributed by atoms with E-state index in [1.165, 1.54) is 11.3 Å². The van der Waals surface area contributed by atoms with Gasteiger partial charge in [0.05, 0.1) is 19.1 Å². The maximum absolute atomic E-state index is 12.4. The predicted molar refractivity (Wildman–Crippen MR) is 72.0 cm³/mol. The van der Waals surface area contributed by atoms with E-state index in [-0.39, 0.29) is 5.78 Å². The van der Waals surface area contributed by atoms with Gasteiger partial charge in [0.15, 0.2) is 0 Å². The van der Waals surface area contributed by atoms with Crippen molar-refractivity contribution < 1.29 is 14.3 Å². The van der Waals surface area contributed by atoms with E-state index in [0.717, 1.165) is 10.4 Å². The molecule has 1 heterocycles. The number of ketones is 1. The highest BCUT2D eigenvalue weighted by Crippen LogP contribution is 2.26. The van der Waals surface area contributed by atoms with Gasteiger partial charge in [0, 0.05) is 11.6 Å². The summed E-state index contributed by atoms with van der Waals surface area (Å²) in [7, 11) is 3.14. The van der Waals surface area contributed by atoms with E-state index in [0.29, 0.717) is 17.1 Å². The molecule has 0 bridgehead atoms. The van der Waals surface area contributed by atoms with Gasteiger partial charge in [-0.05, 0) is 36.1 Å². The van der Waals surface area contributed by atoms with E-state index >= 15 is 0 Å². The van der Waals surface area contributed by atoms with Gasteiger partial charge in [0.1, 0.15) is 11.5 Å².